The lowest BCUT2D eigenvalue weighted by Gasteiger charge is -2.26. The molecule has 8 nitrogen and oxygen atoms in total. The lowest BCUT2D eigenvalue weighted by molar-refractivity contribution is -0.122. The molecule has 0 aromatic heterocycles. The number of sulfonamides is 1. The molecular formula is C12H13ClN2O6S. The number of ether oxygens (including phenoxy) is 1. The number of nitrogens with one attached hydrogen (secondary N) is 1. The summed E-state index contributed by atoms with van der Waals surface area (Å²) >= 11 is 5.92. The highest BCUT2D eigenvalue weighted by atomic mass is 35.5. The molecule has 2 rings (SSSR count). The number of carbonyl (C=O) groups excluding carboxylic acids is 1. The van der Waals surface area contributed by atoms with Crippen molar-refractivity contribution >= 4 is 33.5 Å². The van der Waals surface area contributed by atoms with Crippen LogP contribution < -0.4 is 10.1 Å². The van der Waals surface area contributed by atoms with Crippen LogP contribution in [-0.2, 0) is 14.8 Å². The summed E-state index contributed by atoms with van der Waals surface area (Å²) in [5.41, 5.74) is -0.247. The fourth-order valence-corrected chi connectivity index (χ4v) is 3.94. The molecule has 0 radical (unpaired) electrons. The van der Waals surface area contributed by atoms with Crippen molar-refractivity contribution in [1.82, 2.24) is 9.62 Å². The number of aromatic carboxylic acids is 1. The second kappa shape index (κ2) is 6.11. The van der Waals surface area contributed by atoms with Crippen LogP contribution in [0.1, 0.15) is 10.4 Å². The Morgan fingerprint density at radius 1 is 1.45 bits per heavy atom. The number of rotatable bonds is 4. The number of benzene rings is 1. The van der Waals surface area contributed by atoms with E-state index in [1.54, 1.807) is 0 Å². The third-order valence-electron chi connectivity index (χ3n) is 3.11. The Hall–Kier alpha value is -1.84. The Morgan fingerprint density at radius 2 is 2.14 bits per heavy atom. The van der Waals surface area contributed by atoms with Crippen LogP contribution in [0, 0.1) is 0 Å². The average Bonchev–Trinajstić information content (AvgIpc) is 2.46. The molecule has 10 heteroatoms. The predicted octanol–water partition coefficient (Wildman–Crippen LogP) is 0.167. The first-order valence-corrected chi connectivity index (χ1v) is 7.97. The Balaban J connectivity index is 2.51. The molecule has 0 spiro atoms. The van der Waals surface area contributed by atoms with Crippen LogP contribution in [0.2, 0.25) is 5.02 Å². The van der Waals surface area contributed by atoms with Crippen molar-refractivity contribution in [2.75, 3.05) is 26.7 Å². The minimum Gasteiger partial charge on any atom is -0.496 e. The Labute approximate surface area is 131 Å². The molecule has 1 aromatic rings. The molecule has 1 amide bonds. The number of carboxylic acids is 1. The number of methoxy groups -OCH3 is 1. The van der Waals surface area contributed by atoms with E-state index in [2.05, 4.69) is 5.32 Å². The number of nitrogens with zero attached hydrogens (tertiary/aromatic N) is 1. The van der Waals surface area contributed by atoms with Crippen LogP contribution in [-0.4, -0.2) is 56.5 Å². The highest BCUT2D eigenvalue weighted by Crippen LogP contribution is 2.32. The fraction of sp³-hybridized carbons (Fsp3) is 0.333. The van der Waals surface area contributed by atoms with Crippen molar-refractivity contribution in [3.8, 4) is 5.75 Å². The van der Waals surface area contributed by atoms with Gasteiger partial charge >= 0.3 is 5.97 Å². The largest absolute Gasteiger partial charge is 0.496 e. The average molecular weight is 349 g/mol. The van der Waals surface area contributed by atoms with E-state index in [9.17, 15) is 18.0 Å². The van der Waals surface area contributed by atoms with Crippen molar-refractivity contribution in [1.29, 1.82) is 0 Å². The van der Waals surface area contributed by atoms with Gasteiger partial charge in [0, 0.05) is 19.2 Å². The maximum absolute atomic E-state index is 12.6. The summed E-state index contributed by atoms with van der Waals surface area (Å²) in [4.78, 5) is 22.1. The zero-order chi connectivity index (χ0) is 16.5. The van der Waals surface area contributed by atoms with Gasteiger partial charge in [-0.05, 0) is 6.07 Å². The lowest BCUT2D eigenvalue weighted by Crippen LogP contribution is -2.49. The third kappa shape index (κ3) is 3.01. The third-order valence-corrected chi connectivity index (χ3v) is 5.42. The van der Waals surface area contributed by atoms with Gasteiger partial charge in [0.1, 0.15) is 16.2 Å². The first kappa shape index (κ1) is 16.5. The normalized spacial score (nSPS) is 16.2. The van der Waals surface area contributed by atoms with Crippen LogP contribution >= 0.6 is 11.6 Å². The zero-order valence-corrected chi connectivity index (χ0v) is 13.1. The van der Waals surface area contributed by atoms with Crippen molar-refractivity contribution in [2.45, 2.75) is 4.90 Å². The molecule has 2 N–H and O–H groups in total. The number of halogens is 1. The minimum atomic E-state index is -4.03. The monoisotopic (exact) mass is 348 g/mol. The van der Waals surface area contributed by atoms with Gasteiger partial charge in [0.25, 0.3) is 0 Å². The van der Waals surface area contributed by atoms with Crippen molar-refractivity contribution in [3.63, 3.8) is 0 Å². The van der Waals surface area contributed by atoms with Gasteiger partial charge in [0.2, 0.25) is 15.9 Å². The molecule has 1 heterocycles. The molecule has 0 bridgehead atoms. The maximum atomic E-state index is 12.6. The zero-order valence-electron chi connectivity index (χ0n) is 11.5. The molecule has 1 saturated heterocycles. The summed E-state index contributed by atoms with van der Waals surface area (Å²) in [5, 5.41) is 11.3. The van der Waals surface area contributed by atoms with Gasteiger partial charge < -0.3 is 15.2 Å². The van der Waals surface area contributed by atoms with Gasteiger partial charge in [-0.3, -0.25) is 4.79 Å². The maximum Gasteiger partial charge on any atom is 0.339 e. The SMILES string of the molecule is COc1cc(S(=O)(=O)N2CCNC(=O)C2)c(Cl)cc1C(=O)O. The van der Waals surface area contributed by atoms with E-state index < -0.39 is 21.9 Å². The van der Waals surface area contributed by atoms with Crippen LogP contribution in [0.5, 0.6) is 5.75 Å². The molecular weight excluding hydrogens is 336 g/mol. The second-order valence-corrected chi connectivity index (χ2v) is 6.79. The Morgan fingerprint density at radius 3 is 2.68 bits per heavy atom. The quantitative estimate of drug-likeness (QED) is 0.801. The minimum absolute atomic E-state index is 0.105. The van der Waals surface area contributed by atoms with Crippen molar-refractivity contribution in [2.24, 2.45) is 0 Å². The van der Waals surface area contributed by atoms with E-state index in [0.717, 1.165) is 16.4 Å². The Bertz CT molecular complexity index is 733. The molecule has 0 unspecified atom stereocenters. The molecule has 0 saturated carbocycles. The lowest BCUT2D eigenvalue weighted by atomic mass is 10.2. The van der Waals surface area contributed by atoms with Crippen LogP contribution in [0.4, 0.5) is 0 Å². The second-order valence-electron chi connectivity index (χ2n) is 4.48. The molecule has 1 fully saturated rings. The number of amides is 1. The molecule has 1 aromatic carbocycles. The highest BCUT2D eigenvalue weighted by Gasteiger charge is 2.32. The summed E-state index contributed by atoms with van der Waals surface area (Å²) in [6.45, 7) is -0.0188. The fourth-order valence-electron chi connectivity index (χ4n) is 2.03. The number of carbonyl (C=O) groups is 2. The summed E-state index contributed by atoms with van der Waals surface area (Å²) in [6, 6.07) is 2.06. The first-order chi connectivity index (χ1) is 10.3. The van der Waals surface area contributed by atoms with E-state index in [1.165, 1.54) is 7.11 Å². The molecule has 1 aliphatic rings. The van der Waals surface area contributed by atoms with E-state index in [1.807, 2.05) is 0 Å². The smallest absolute Gasteiger partial charge is 0.339 e. The van der Waals surface area contributed by atoms with Crippen LogP contribution in [0.15, 0.2) is 17.0 Å². The van der Waals surface area contributed by atoms with Gasteiger partial charge in [-0.25, -0.2) is 13.2 Å². The topological polar surface area (TPSA) is 113 Å². The number of hydrogen-bond donors (Lipinski definition) is 2. The summed E-state index contributed by atoms with van der Waals surface area (Å²) in [7, 11) is -2.81. The van der Waals surface area contributed by atoms with E-state index in [4.69, 9.17) is 21.4 Å². The van der Waals surface area contributed by atoms with Gasteiger partial charge in [0.05, 0.1) is 18.7 Å². The molecule has 0 atom stereocenters. The van der Waals surface area contributed by atoms with Gasteiger partial charge in [0.15, 0.2) is 0 Å². The summed E-state index contributed by atoms with van der Waals surface area (Å²) in [6.07, 6.45) is 0. The van der Waals surface area contributed by atoms with Gasteiger partial charge in [-0.2, -0.15) is 4.31 Å². The van der Waals surface area contributed by atoms with E-state index in [-0.39, 0.29) is 40.9 Å². The standard InChI is InChI=1S/C12H13ClN2O6S/c1-21-9-5-10(8(13)4-7(9)12(17)18)22(19,20)15-3-2-14-11(16)6-15/h4-5H,2-3,6H2,1H3,(H,14,16)(H,17,18). The number of piperazine rings is 1. The van der Waals surface area contributed by atoms with Gasteiger partial charge in [-0.1, -0.05) is 11.6 Å². The predicted molar refractivity (Wildman–Crippen MR) is 76.7 cm³/mol. The Kier molecular flexibility index (Phi) is 4.59. The molecule has 1 aliphatic heterocycles. The summed E-state index contributed by atoms with van der Waals surface area (Å²) < 4.78 is 31.0. The molecule has 0 aliphatic carbocycles. The van der Waals surface area contributed by atoms with Crippen molar-refractivity contribution < 1.29 is 27.9 Å². The summed E-state index contributed by atoms with van der Waals surface area (Å²) in [5.74, 6) is -1.84. The molecule has 120 valence electrons. The van der Waals surface area contributed by atoms with E-state index >= 15 is 0 Å². The van der Waals surface area contributed by atoms with Gasteiger partial charge in [-0.15, -0.1) is 0 Å². The number of carboxylic acid groups (broad SMARTS) is 1. The van der Waals surface area contributed by atoms with Crippen LogP contribution in [0.3, 0.4) is 0 Å². The van der Waals surface area contributed by atoms with Crippen molar-refractivity contribution in [3.05, 3.63) is 22.7 Å². The van der Waals surface area contributed by atoms with Crippen LogP contribution in [0.25, 0.3) is 0 Å². The molecule has 22 heavy (non-hydrogen) atoms. The number of hydrogen-bond acceptors (Lipinski definition) is 5. The highest BCUT2D eigenvalue weighted by molar-refractivity contribution is 7.89. The van der Waals surface area contributed by atoms with E-state index in [0.29, 0.717) is 0 Å². The first-order valence-electron chi connectivity index (χ1n) is 6.15.